The molecular weight excluding hydrogens is 514 g/mol. The highest BCUT2D eigenvalue weighted by Gasteiger charge is 2.48. The molecule has 1 fully saturated rings. The molecule has 0 spiro atoms. The number of halogens is 1. The Labute approximate surface area is 237 Å². The highest BCUT2D eigenvalue weighted by molar-refractivity contribution is 6.34. The molecule has 7 nitrogen and oxygen atoms in total. The molecular formula is C31H42ClN3O4. The van der Waals surface area contributed by atoms with Gasteiger partial charge >= 0.3 is 6.09 Å². The minimum absolute atomic E-state index is 0.145. The number of ether oxygens (including phenoxy) is 1. The zero-order valence-electron chi connectivity index (χ0n) is 24.3. The molecule has 212 valence electrons. The number of benzene rings is 2. The Morgan fingerprint density at radius 1 is 1.10 bits per heavy atom. The van der Waals surface area contributed by atoms with Crippen molar-refractivity contribution in [1.29, 1.82) is 0 Å². The third kappa shape index (κ3) is 7.75. The number of carbonyl (C=O) groups is 3. The van der Waals surface area contributed by atoms with E-state index in [0.717, 1.165) is 24.0 Å². The summed E-state index contributed by atoms with van der Waals surface area (Å²) >= 11 is 6.45. The molecule has 0 bridgehead atoms. The van der Waals surface area contributed by atoms with Crippen molar-refractivity contribution in [2.75, 3.05) is 5.32 Å². The summed E-state index contributed by atoms with van der Waals surface area (Å²) in [5, 5.41) is 6.20. The van der Waals surface area contributed by atoms with E-state index in [9.17, 15) is 14.4 Å². The molecule has 0 aromatic heterocycles. The maximum atomic E-state index is 14.3. The fourth-order valence-electron chi connectivity index (χ4n) is 4.64. The van der Waals surface area contributed by atoms with Crippen LogP contribution in [0.3, 0.4) is 0 Å². The van der Waals surface area contributed by atoms with Gasteiger partial charge in [0, 0.05) is 6.04 Å². The van der Waals surface area contributed by atoms with Gasteiger partial charge in [0.05, 0.1) is 10.7 Å². The van der Waals surface area contributed by atoms with Crippen LogP contribution >= 0.6 is 11.6 Å². The van der Waals surface area contributed by atoms with Crippen molar-refractivity contribution < 1.29 is 19.1 Å². The van der Waals surface area contributed by atoms with Crippen molar-refractivity contribution in [2.24, 2.45) is 11.8 Å². The lowest BCUT2D eigenvalue weighted by molar-refractivity contribution is -0.142. The van der Waals surface area contributed by atoms with Crippen LogP contribution in [0.4, 0.5) is 10.5 Å². The Hall–Kier alpha value is -3.06. The van der Waals surface area contributed by atoms with Crippen LogP contribution < -0.4 is 10.6 Å². The molecule has 0 heterocycles. The lowest BCUT2D eigenvalue weighted by Crippen LogP contribution is -2.55. The Balaban J connectivity index is 2.05. The molecule has 1 saturated carbocycles. The van der Waals surface area contributed by atoms with Crippen molar-refractivity contribution >= 4 is 35.2 Å². The average molecular weight is 556 g/mol. The van der Waals surface area contributed by atoms with E-state index in [1.165, 1.54) is 0 Å². The highest BCUT2D eigenvalue weighted by atomic mass is 35.5. The highest BCUT2D eigenvalue weighted by Crippen LogP contribution is 2.41. The Morgan fingerprint density at radius 2 is 1.72 bits per heavy atom. The van der Waals surface area contributed by atoms with Crippen molar-refractivity contribution in [1.82, 2.24) is 10.2 Å². The molecule has 39 heavy (non-hydrogen) atoms. The predicted molar refractivity (Wildman–Crippen MR) is 156 cm³/mol. The van der Waals surface area contributed by atoms with E-state index in [0.29, 0.717) is 16.3 Å². The zero-order valence-corrected chi connectivity index (χ0v) is 25.1. The second kappa shape index (κ2) is 12.4. The van der Waals surface area contributed by atoms with E-state index in [1.54, 1.807) is 31.7 Å². The molecule has 4 unspecified atom stereocenters. The number of anilines is 1. The quantitative estimate of drug-likeness (QED) is 0.361. The largest absolute Gasteiger partial charge is 0.444 e. The Bertz CT molecular complexity index is 1170. The van der Waals surface area contributed by atoms with Gasteiger partial charge in [-0.1, -0.05) is 75.7 Å². The van der Waals surface area contributed by atoms with Crippen molar-refractivity contribution in [2.45, 2.75) is 92.0 Å². The molecule has 8 heteroatoms. The molecule has 0 saturated heterocycles. The van der Waals surface area contributed by atoms with Crippen molar-refractivity contribution in [3.63, 3.8) is 0 Å². The summed E-state index contributed by atoms with van der Waals surface area (Å²) in [6.07, 6.45) is 0.955. The number of nitrogens with one attached hydrogen (secondary N) is 2. The number of hydrogen-bond acceptors (Lipinski definition) is 4. The van der Waals surface area contributed by atoms with Gasteiger partial charge in [-0.25, -0.2) is 4.79 Å². The van der Waals surface area contributed by atoms with Crippen molar-refractivity contribution in [3.05, 3.63) is 64.2 Å². The number of nitrogens with zero attached hydrogens (tertiary/aromatic N) is 1. The maximum absolute atomic E-state index is 14.3. The normalized spacial score (nSPS) is 18.2. The number of para-hydroxylation sites is 1. The fraction of sp³-hybridized carbons (Fsp3) is 0.516. The van der Waals surface area contributed by atoms with Crippen LogP contribution in [0.15, 0.2) is 42.5 Å². The maximum Gasteiger partial charge on any atom is 0.408 e. The van der Waals surface area contributed by atoms with Gasteiger partial charge in [0.15, 0.2) is 0 Å². The molecule has 2 aromatic rings. The van der Waals surface area contributed by atoms with Gasteiger partial charge < -0.3 is 20.3 Å². The second-order valence-corrected chi connectivity index (χ2v) is 12.2. The molecule has 1 aliphatic rings. The summed E-state index contributed by atoms with van der Waals surface area (Å²) in [4.78, 5) is 42.7. The van der Waals surface area contributed by atoms with Gasteiger partial charge in [0.2, 0.25) is 5.91 Å². The van der Waals surface area contributed by atoms with Crippen LogP contribution in [0, 0.1) is 18.8 Å². The molecule has 0 radical (unpaired) electrons. The summed E-state index contributed by atoms with van der Waals surface area (Å²) in [7, 11) is 0. The van der Waals surface area contributed by atoms with Gasteiger partial charge in [-0.15, -0.1) is 0 Å². The summed E-state index contributed by atoms with van der Waals surface area (Å²) in [5.74, 6) is -0.697. The first-order chi connectivity index (χ1) is 18.2. The van der Waals surface area contributed by atoms with Crippen LogP contribution in [0.25, 0.3) is 0 Å². The minimum Gasteiger partial charge on any atom is -0.444 e. The number of alkyl carbamates (subject to hydrolysis) is 1. The number of amides is 3. The zero-order chi connectivity index (χ0) is 29.1. The monoisotopic (exact) mass is 555 g/mol. The summed E-state index contributed by atoms with van der Waals surface area (Å²) in [6.45, 7) is 15.0. The lowest BCUT2D eigenvalue weighted by Gasteiger charge is -2.36. The first-order valence-corrected chi connectivity index (χ1v) is 14.1. The summed E-state index contributed by atoms with van der Waals surface area (Å²) in [5.41, 5.74) is 2.45. The first kappa shape index (κ1) is 30.5. The SMILES string of the molecule is CCc1ccc(C(C(=O)Nc2c(C)cccc2Cl)N(C(=O)C(NC(=O)OC(C)(C)C)C(C)C)C2CC2C)cc1. The van der Waals surface area contributed by atoms with Crippen LogP contribution in [0.5, 0.6) is 0 Å². The number of aryl methyl sites for hydroxylation is 2. The first-order valence-electron chi connectivity index (χ1n) is 13.7. The van der Waals surface area contributed by atoms with E-state index < -0.39 is 23.8 Å². The predicted octanol–water partition coefficient (Wildman–Crippen LogP) is 6.68. The van der Waals surface area contributed by atoms with Crippen LogP contribution in [0.2, 0.25) is 5.02 Å². The topological polar surface area (TPSA) is 87.7 Å². The van der Waals surface area contributed by atoms with Gasteiger partial charge in [0.1, 0.15) is 17.7 Å². The molecule has 3 rings (SSSR count). The number of hydrogen-bond donors (Lipinski definition) is 2. The second-order valence-electron chi connectivity index (χ2n) is 11.8. The van der Waals surface area contributed by atoms with Crippen LogP contribution in [-0.2, 0) is 20.7 Å². The molecule has 2 N–H and O–H groups in total. The standard InChI is InChI=1S/C31H42ClN3O4/c1-9-21-13-15-22(16-14-21)27(28(36)33-26-19(4)11-10-12-23(26)32)35(24-17-20(24)5)29(37)25(18(2)3)34-30(38)39-31(6,7)8/h10-16,18,20,24-25,27H,9,17H2,1-8H3,(H,33,36)(H,34,38). The molecule has 0 aliphatic heterocycles. The lowest BCUT2D eigenvalue weighted by atomic mass is 9.97. The minimum atomic E-state index is -0.921. The smallest absolute Gasteiger partial charge is 0.408 e. The van der Waals surface area contributed by atoms with Gasteiger partial charge in [0.25, 0.3) is 5.91 Å². The summed E-state index contributed by atoms with van der Waals surface area (Å²) < 4.78 is 5.45. The summed E-state index contributed by atoms with van der Waals surface area (Å²) in [6, 6.07) is 11.2. The van der Waals surface area contributed by atoms with E-state index in [-0.39, 0.29) is 29.7 Å². The van der Waals surface area contributed by atoms with Gasteiger partial charge in [-0.2, -0.15) is 0 Å². The van der Waals surface area contributed by atoms with E-state index in [1.807, 2.05) is 57.2 Å². The Morgan fingerprint density at radius 3 is 2.21 bits per heavy atom. The van der Waals surface area contributed by atoms with Gasteiger partial charge in [-0.3, -0.25) is 9.59 Å². The average Bonchev–Trinajstić information content (AvgIpc) is 3.57. The Kier molecular flexibility index (Phi) is 9.70. The van der Waals surface area contributed by atoms with Crippen LogP contribution in [0.1, 0.15) is 77.6 Å². The molecule has 3 amide bonds. The molecule has 1 aliphatic carbocycles. The third-order valence-corrected chi connectivity index (χ3v) is 7.30. The molecule has 4 atom stereocenters. The van der Waals surface area contributed by atoms with Gasteiger partial charge in [-0.05, 0) is 75.1 Å². The fourth-order valence-corrected chi connectivity index (χ4v) is 4.91. The van der Waals surface area contributed by atoms with Crippen LogP contribution in [-0.4, -0.2) is 40.5 Å². The molecule has 2 aromatic carbocycles. The van der Waals surface area contributed by atoms with Crippen molar-refractivity contribution in [3.8, 4) is 0 Å². The number of carbonyl (C=O) groups excluding carboxylic acids is 3. The third-order valence-electron chi connectivity index (χ3n) is 6.98. The van der Waals surface area contributed by atoms with E-state index >= 15 is 0 Å². The van der Waals surface area contributed by atoms with E-state index in [4.69, 9.17) is 16.3 Å². The number of rotatable bonds is 9. The van der Waals surface area contributed by atoms with E-state index in [2.05, 4.69) is 24.5 Å².